The maximum atomic E-state index is 12.8. The number of hydrogen-bond acceptors (Lipinski definition) is 1. The molecule has 0 amide bonds. The molecule has 2 heterocycles. The van der Waals surface area contributed by atoms with Gasteiger partial charge in [-0.1, -0.05) is 13.8 Å². The van der Waals surface area contributed by atoms with Crippen LogP contribution < -0.4 is 0 Å². The van der Waals surface area contributed by atoms with E-state index in [4.69, 9.17) is 0 Å². The van der Waals surface area contributed by atoms with E-state index in [9.17, 15) is 13.2 Å². The van der Waals surface area contributed by atoms with Crippen LogP contribution in [0.1, 0.15) is 31.0 Å². The van der Waals surface area contributed by atoms with E-state index in [1.54, 1.807) is 6.07 Å². The van der Waals surface area contributed by atoms with E-state index in [1.807, 2.05) is 13.8 Å². The van der Waals surface area contributed by atoms with Gasteiger partial charge in [0.05, 0.1) is 16.8 Å². The average Bonchev–Trinajstić information content (AvgIpc) is 2.61. The molecule has 0 spiro atoms. The minimum Gasteiger partial charge on any atom is -0.240 e. The predicted octanol–water partition coefficient (Wildman–Crippen LogP) is 3.48. The van der Waals surface area contributed by atoms with Gasteiger partial charge >= 0.3 is 6.18 Å². The van der Waals surface area contributed by atoms with Crippen LogP contribution in [0.25, 0.3) is 5.52 Å². The quantitative estimate of drug-likeness (QED) is 0.730. The first kappa shape index (κ1) is 11.0. The molecule has 86 valence electrons. The van der Waals surface area contributed by atoms with Gasteiger partial charge in [0.25, 0.3) is 0 Å². The van der Waals surface area contributed by atoms with Crippen molar-refractivity contribution in [1.82, 2.24) is 9.61 Å². The molecule has 16 heavy (non-hydrogen) atoms. The van der Waals surface area contributed by atoms with Crippen LogP contribution in [0.5, 0.6) is 0 Å². The zero-order chi connectivity index (χ0) is 11.9. The molecule has 0 aliphatic heterocycles. The summed E-state index contributed by atoms with van der Waals surface area (Å²) in [5, 5.41) is 4.13. The molecule has 0 atom stereocenters. The number of rotatable bonds is 1. The molecule has 0 fully saturated rings. The Morgan fingerprint density at radius 3 is 2.56 bits per heavy atom. The second-order valence-corrected chi connectivity index (χ2v) is 3.97. The summed E-state index contributed by atoms with van der Waals surface area (Å²) in [7, 11) is 0. The van der Waals surface area contributed by atoms with E-state index < -0.39 is 11.7 Å². The summed E-state index contributed by atoms with van der Waals surface area (Å²) in [4.78, 5) is 0. The summed E-state index contributed by atoms with van der Waals surface area (Å²) < 4.78 is 39.7. The van der Waals surface area contributed by atoms with Gasteiger partial charge in [0.1, 0.15) is 0 Å². The van der Waals surface area contributed by atoms with Crippen LogP contribution in [0.15, 0.2) is 24.4 Å². The maximum absolute atomic E-state index is 12.8. The van der Waals surface area contributed by atoms with Crippen LogP contribution in [0.2, 0.25) is 0 Å². The lowest BCUT2D eigenvalue weighted by molar-refractivity contribution is -0.136. The van der Waals surface area contributed by atoms with Crippen molar-refractivity contribution in [1.29, 1.82) is 0 Å². The van der Waals surface area contributed by atoms with Crippen LogP contribution >= 0.6 is 0 Å². The molecule has 0 aliphatic rings. The molecular weight excluding hydrogens is 217 g/mol. The van der Waals surface area contributed by atoms with Crippen molar-refractivity contribution < 1.29 is 13.2 Å². The summed E-state index contributed by atoms with van der Waals surface area (Å²) in [6.45, 7) is 3.63. The van der Waals surface area contributed by atoms with Gasteiger partial charge < -0.3 is 0 Å². The van der Waals surface area contributed by atoms with Gasteiger partial charge in [-0.2, -0.15) is 18.3 Å². The average molecular weight is 228 g/mol. The van der Waals surface area contributed by atoms with E-state index in [0.29, 0.717) is 5.69 Å². The lowest BCUT2D eigenvalue weighted by Gasteiger charge is -2.12. The van der Waals surface area contributed by atoms with E-state index in [2.05, 4.69) is 5.10 Å². The number of alkyl halides is 3. The number of fused-ring (bicyclic) bond motifs is 1. The van der Waals surface area contributed by atoms with E-state index in [0.717, 1.165) is 6.07 Å². The highest BCUT2D eigenvalue weighted by molar-refractivity contribution is 5.56. The summed E-state index contributed by atoms with van der Waals surface area (Å²) in [6, 6.07) is 4.10. The van der Waals surface area contributed by atoms with Crippen molar-refractivity contribution in [2.75, 3.05) is 0 Å². The fourth-order valence-corrected chi connectivity index (χ4v) is 1.56. The molecule has 0 saturated heterocycles. The third kappa shape index (κ3) is 1.77. The van der Waals surface area contributed by atoms with Gasteiger partial charge in [-0.3, -0.25) is 0 Å². The molecule has 0 radical (unpaired) electrons. The van der Waals surface area contributed by atoms with Crippen molar-refractivity contribution in [3.05, 3.63) is 35.7 Å². The number of hydrogen-bond donors (Lipinski definition) is 0. The monoisotopic (exact) mass is 228 g/mol. The van der Waals surface area contributed by atoms with Gasteiger partial charge in [-0.15, -0.1) is 0 Å². The first-order valence-corrected chi connectivity index (χ1v) is 4.95. The molecule has 0 aliphatic carbocycles. The molecule has 0 bridgehead atoms. The number of nitrogens with zero attached hydrogens (tertiary/aromatic N) is 2. The van der Waals surface area contributed by atoms with Crippen LogP contribution in [0.4, 0.5) is 13.2 Å². The maximum Gasteiger partial charge on any atom is 0.418 e. The zero-order valence-corrected chi connectivity index (χ0v) is 8.92. The zero-order valence-electron chi connectivity index (χ0n) is 8.92. The summed E-state index contributed by atoms with van der Waals surface area (Å²) in [6.07, 6.45) is -2.82. The van der Waals surface area contributed by atoms with Crippen LogP contribution in [0, 0.1) is 0 Å². The predicted molar refractivity (Wildman–Crippen MR) is 54.3 cm³/mol. The first-order chi connectivity index (χ1) is 7.39. The first-order valence-electron chi connectivity index (χ1n) is 4.95. The highest BCUT2D eigenvalue weighted by atomic mass is 19.4. The van der Waals surface area contributed by atoms with E-state index in [1.165, 1.54) is 16.8 Å². The van der Waals surface area contributed by atoms with Crippen LogP contribution in [-0.4, -0.2) is 9.61 Å². The van der Waals surface area contributed by atoms with Crippen molar-refractivity contribution in [2.45, 2.75) is 25.9 Å². The van der Waals surface area contributed by atoms with Gasteiger partial charge in [-0.05, 0) is 24.1 Å². The third-order valence-electron chi connectivity index (χ3n) is 2.42. The Hall–Kier alpha value is -1.52. The van der Waals surface area contributed by atoms with Gasteiger partial charge in [0.2, 0.25) is 0 Å². The lowest BCUT2D eigenvalue weighted by Crippen LogP contribution is -2.11. The van der Waals surface area contributed by atoms with Crippen molar-refractivity contribution >= 4 is 5.52 Å². The summed E-state index contributed by atoms with van der Waals surface area (Å²) >= 11 is 0. The minimum absolute atomic E-state index is 0.0344. The van der Waals surface area contributed by atoms with Gasteiger partial charge in [-0.25, -0.2) is 4.52 Å². The number of halogens is 3. The third-order valence-corrected chi connectivity index (χ3v) is 2.42. The number of aromatic nitrogens is 2. The Balaban J connectivity index is 2.74. The van der Waals surface area contributed by atoms with Crippen LogP contribution in [-0.2, 0) is 6.18 Å². The molecule has 2 aromatic heterocycles. The lowest BCUT2D eigenvalue weighted by atomic mass is 10.1. The molecule has 5 heteroatoms. The summed E-state index contributed by atoms with van der Waals surface area (Å²) in [5.74, 6) is -0.0344. The van der Waals surface area contributed by atoms with Gasteiger partial charge in [0, 0.05) is 6.20 Å². The Morgan fingerprint density at radius 2 is 2.00 bits per heavy atom. The minimum atomic E-state index is -4.34. The molecule has 2 nitrogen and oxygen atoms in total. The Bertz CT molecular complexity index is 511. The SMILES string of the molecule is CC(C)c1cc(C(F)(F)F)c2cccn2n1. The molecule has 0 aromatic carbocycles. The Labute approximate surface area is 90.7 Å². The molecule has 0 saturated carbocycles. The van der Waals surface area contributed by atoms with Crippen molar-refractivity contribution in [3.63, 3.8) is 0 Å². The normalized spacial score (nSPS) is 12.6. The molecule has 0 unspecified atom stereocenters. The smallest absolute Gasteiger partial charge is 0.240 e. The highest BCUT2D eigenvalue weighted by Gasteiger charge is 2.34. The summed E-state index contributed by atoms with van der Waals surface area (Å²) in [5.41, 5.74) is -0.0934. The van der Waals surface area contributed by atoms with E-state index >= 15 is 0 Å². The Morgan fingerprint density at radius 1 is 1.31 bits per heavy atom. The Kier molecular flexibility index (Phi) is 2.40. The van der Waals surface area contributed by atoms with Gasteiger partial charge in [0.15, 0.2) is 0 Å². The molecule has 0 N–H and O–H groups in total. The topological polar surface area (TPSA) is 17.3 Å². The molecular formula is C11H11F3N2. The van der Waals surface area contributed by atoms with Crippen molar-refractivity contribution in [2.24, 2.45) is 0 Å². The molecule has 2 rings (SSSR count). The second-order valence-electron chi connectivity index (χ2n) is 3.97. The van der Waals surface area contributed by atoms with Crippen LogP contribution in [0.3, 0.4) is 0 Å². The largest absolute Gasteiger partial charge is 0.418 e. The van der Waals surface area contributed by atoms with Crippen molar-refractivity contribution in [3.8, 4) is 0 Å². The fourth-order valence-electron chi connectivity index (χ4n) is 1.56. The second kappa shape index (κ2) is 3.50. The van der Waals surface area contributed by atoms with E-state index in [-0.39, 0.29) is 11.4 Å². The highest BCUT2D eigenvalue weighted by Crippen LogP contribution is 2.33. The fraction of sp³-hybridized carbons (Fsp3) is 0.364. The molecule has 2 aromatic rings. The standard InChI is InChI=1S/C11H11F3N2/c1-7(2)9-6-8(11(12,13)14)10-4-3-5-16(10)15-9/h3-7H,1-2H3.